The summed E-state index contributed by atoms with van der Waals surface area (Å²) in [5.74, 6) is 0.709. The maximum absolute atomic E-state index is 5.72. The van der Waals surface area contributed by atoms with Crippen LogP contribution in [-0.4, -0.2) is 49.3 Å². The largest absolute Gasteiger partial charge is 0.380 e. The van der Waals surface area contributed by atoms with E-state index in [1.165, 1.54) is 6.42 Å². The van der Waals surface area contributed by atoms with E-state index in [9.17, 15) is 0 Å². The number of rotatable bonds is 7. The van der Waals surface area contributed by atoms with Crippen molar-refractivity contribution in [2.45, 2.75) is 65.6 Å². The molecule has 1 aliphatic rings. The predicted octanol–water partition coefficient (Wildman–Crippen LogP) is 2.51. The van der Waals surface area contributed by atoms with E-state index in [1.807, 2.05) is 0 Å². The number of ether oxygens (including phenoxy) is 1. The summed E-state index contributed by atoms with van der Waals surface area (Å²) in [6.45, 7) is 15.5. The Bertz CT molecular complexity index is 219. The molecule has 0 amide bonds. The summed E-state index contributed by atoms with van der Waals surface area (Å²) in [5, 5.41) is 3.71. The van der Waals surface area contributed by atoms with Crippen LogP contribution < -0.4 is 5.32 Å². The monoisotopic (exact) mass is 256 g/mol. The molecule has 1 rings (SSSR count). The lowest BCUT2D eigenvalue weighted by Gasteiger charge is -2.43. The van der Waals surface area contributed by atoms with Crippen molar-refractivity contribution in [1.82, 2.24) is 10.2 Å². The van der Waals surface area contributed by atoms with Crippen molar-refractivity contribution in [3.8, 4) is 0 Å². The molecule has 1 aliphatic heterocycles. The van der Waals surface area contributed by atoms with Crippen LogP contribution in [0.2, 0.25) is 0 Å². The highest BCUT2D eigenvalue weighted by Gasteiger charge is 2.31. The fourth-order valence-electron chi connectivity index (χ4n) is 2.77. The average molecular weight is 256 g/mol. The summed E-state index contributed by atoms with van der Waals surface area (Å²) in [7, 11) is 0. The van der Waals surface area contributed by atoms with Gasteiger partial charge in [-0.25, -0.2) is 0 Å². The molecule has 0 spiro atoms. The minimum absolute atomic E-state index is 0.535. The van der Waals surface area contributed by atoms with Crippen LogP contribution in [0, 0.1) is 5.92 Å². The predicted molar refractivity (Wildman–Crippen MR) is 78.0 cm³/mol. The normalized spacial score (nSPS) is 25.3. The third-order valence-corrected chi connectivity index (χ3v) is 3.65. The molecule has 3 nitrogen and oxygen atoms in total. The second-order valence-corrected chi connectivity index (χ2v) is 6.18. The Balaban J connectivity index is 2.65. The third kappa shape index (κ3) is 4.87. The molecule has 108 valence electrons. The fourth-order valence-corrected chi connectivity index (χ4v) is 2.77. The van der Waals surface area contributed by atoms with Gasteiger partial charge in [0.25, 0.3) is 0 Å². The molecule has 1 N–H and O–H groups in total. The van der Waals surface area contributed by atoms with E-state index in [1.54, 1.807) is 0 Å². The van der Waals surface area contributed by atoms with E-state index >= 15 is 0 Å². The lowest BCUT2D eigenvalue weighted by molar-refractivity contribution is -0.0187. The molecular weight excluding hydrogens is 224 g/mol. The molecule has 0 bridgehead atoms. The summed E-state index contributed by atoms with van der Waals surface area (Å²) in [6, 6.07) is 1.72. The molecule has 0 saturated carbocycles. The lowest BCUT2D eigenvalue weighted by Crippen LogP contribution is -2.58. The van der Waals surface area contributed by atoms with E-state index in [0.29, 0.717) is 24.0 Å². The van der Waals surface area contributed by atoms with Gasteiger partial charge in [-0.2, -0.15) is 0 Å². The van der Waals surface area contributed by atoms with Crippen LogP contribution in [0.1, 0.15) is 47.5 Å². The highest BCUT2D eigenvalue weighted by Crippen LogP contribution is 2.18. The standard InChI is InChI=1S/C15H32N2O/c1-6-8-16-14-7-9-18-11-15(14)17(13(4)5)10-12(2)3/h12-16H,6-11H2,1-5H3. The van der Waals surface area contributed by atoms with Crippen molar-refractivity contribution in [3.05, 3.63) is 0 Å². The Hall–Kier alpha value is -0.120. The summed E-state index contributed by atoms with van der Waals surface area (Å²) in [5.41, 5.74) is 0. The molecular formula is C15H32N2O. The SMILES string of the molecule is CCCNC1CCOCC1N(CC(C)C)C(C)C. The van der Waals surface area contributed by atoms with Crippen LogP contribution in [0.5, 0.6) is 0 Å². The van der Waals surface area contributed by atoms with E-state index in [0.717, 1.165) is 32.7 Å². The number of nitrogens with one attached hydrogen (secondary N) is 1. The van der Waals surface area contributed by atoms with Crippen LogP contribution in [0.4, 0.5) is 0 Å². The summed E-state index contributed by atoms with van der Waals surface area (Å²) >= 11 is 0. The Morgan fingerprint density at radius 2 is 2.00 bits per heavy atom. The Labute approximate surface area is 113 Å². The van der Waals surface area contributed by atoms with Crippen molar-refractivity contribution in [2.75, 3.05) is 26.3 Å². The van der Waals surface area contributed by atoms with Gasteiger partial charge in [0.2, 0.25) is 0 Å². The smallest absolute Gasteiger partial charge is 0.0637 e. The third-order valence-electron chi connectivity index (χ3n) is 3.65. The van der Waals surface area contributed by atoms with Crippen molar-refractivity contribution in [2.24, 2.45) is 5.92 Å². The molecule has 0 radical (unpaired) electrons. The Morgan fingerprint density at radius 3 is 2.56 bits per heavy atom. The highest BCUT2D eigenvalue weighted by atomic mass is 16.5. The Kier molecular flexibility index (Phi) is 7.20. The molecule has 1 fully saturated rings. The maximum atomic E-state index is 5.72. The molecule has 1 heterocycles. The Morgan fingerprint density at radius 1 is 1.28 bits per heavy atom. The van der Waals surface area contributed by atoms with Gasteiger partial charge >= 0.3 is 0 Å². The van der Waals surface area contributed by atoms with Crippen molar-refractivity contribution in [1.29, 1.82) is 0 Å². The summed E-state index contributed by atoms with van der Waals surface area (Å²) < 4.78 is 5.72. The van der Waals surface area contributed by atoms with Gasteiger partial charge in [0.1, 0.15) is 0 Å². The van der Waals surface area contributed by atoms with Gasteiger partial charge in [-0.3, -0.25) is 4.90 Å². The molecule has 0 aromatic rings. The van der Waals surface area contributed by atoms with E-state index in [2.05, 4.69) is 44.8 Å². The molecule has 1 saturated heterocycles. The first-order valence-corrected chi connectivity index (χ1v) is 7.63. The van der Waals surface area contributed by atoms with E-state index in [-0.39, 0.29) is 0 Å². The minimum Gasteiger partial charge on any atom is -0.380 e. The second-order valence-electron chi connectivity index (χ2n) is 6.18. The minimum atomic E-state index is 0.535. The fraction of sp³-hybridized carbons (Fsp3) is 1.00. The number of hydrogen-bond donors (Lipinski definition) is 1. The summed E-state index contributed by atoms with van der Waals surface area (Å²) in [4.78, 5) is 2.62. The zero-order valence-electron chi connectivity index (χ0n) is 12.9. The second kappa shape index (κ2) is 8.13. The zero-order valence-corrected chi connectivity index (χ0v) is 12.9. The number of hydrogen-bond acceptors (Lipinski definition) is 3. The molecule has 2 atom stereocenters. The van der Waals surface area contributed by atoms with Crippen LogP contribution >= 0.6 is 0 Å². The van der Waals surface area contributed by atoms with Crippen LogP contribution in [0.3, 0.4) is 0 Å². The quantitative estimate of drug-likeness (QED) is 0.757. The average Bonchev–Trinajstić information content (AvgIpc) is 2.33. The van der Waals surface area contributed by atoms with Gasteiger partial charge in [-0.15, -0.1) is 0 Å². The molecule has 2 unspecified atom stereocenters. The van der Waals surface area contributed by atoms with Gasteiger partial charge in [0.15, 0.2) is 0 Å². The molecule has 0 aromatic carbocycles. The van der Waals surface area contributed by atoms with Gasteiger partial charge in [-0.1, -0.05) is 20.8 Å². The number of nitrogens with zero attached hydrogens (tertiary/aromatic N) is 1. The molecule has 0 aliphatic carbocycles. The van der Waals surface area contributed by atoms with E-state index in [4.69, 9.17) is 4.74 Å². The summed E-state index contributed by atoms with van der Waals surface area (Å²) in [6.07, 6.45) is 2.35. The van der Waals surface area contributed by atoms with Crippen molar-refractivity contribution in [3.63, 3.8) is 0 Å². The molecule has 3 heteroatoms. The van der Waals surface area contributed by atoms with Gasteiger partial charge in [-0.05, 0) is 39.2 Å². The van der Waals surface area contributed by atoms with Crippen molar-refractivity contribution >= 4 is 0 Å². The first kappa shape index (κ1) is 15.9. The highest BCUT2D eigenvalue weighted by molar-refractivity contribution is 4.89. The first-order valence-electron chi connectivity index (χ1n) is 7.63. The molecule has 0 aromatic heterocycles. The van der Waals surface area contributed by atoms with Crippen molar-refractivity contribution < 1.29 is 4.74 Å². The van der Waals surface area contributed by atoms with Gasteiger partial charge in [0, 0.05) is 31.3 Å². The first-order chi connectivity index (χ1) is 8.56. The topological polar surface area (TPSA) is 24.5 Å². The van der Waals surface area contributed by atoms with E-state index < -0.39 is 0 Å². The lowest BCUT2D eigenvalue weighted by atomic mass is 9.98. The van der Waals surface area contributed by atoms with Crippen LogP contribution in [-0.2, 0) is 4.74 Å². The zero-order chi connectivity index (χ0) is 13.5. The van der Waals surface area contributed by atoms with Gasteiger partial charge in [0.05, 0.1) is 6.61 Å². The van der Waals surface area contributed by atoms with Crippen LogP contribution in [0.25, 0.3) is 0 Å². The van der Waals surface area contributed by atoms with Gasteiger partial charge < -0.3 is 10.1 Å². The van der Waals surface area contributed by atoms with Crippen LogP contribution in [0.15, 0.2) is 0 Å². The molecule has 18 heavy (non-hydrogen) atoms. The maximum Gasteiger partial charge on any atom is 0.0637 e.